The number of nitrogens with zero attached hydrogens (tertiary/aromatic N) is 6. The van der Waals surface area contributed by atoms with E-state index in [0.29, 0.717) is 22.3 Å². The first-order valence-corrected chi connectivity index (χ1v) is 8.81. The number of para-hydroxylation sites is 1. The second-order valence-corrected chi connectivity index (χ2v) is 7.13. The van der Waals surface area contributed by atoms with Gasteiger partial charge in [0.15, 0.2) is 11.6 Å². The Kier molecular flexibility index (Phi) is 3.86. The van der Waals surface area contributed by atoms with Crippen molar-refractivity contribution in [1.82, 2.24) is 25.0 Å². The topological polar surface area (TPSA) is 92.3 Å². The Labute approximate surface area is 154 Å². The molecule has 3 aromatic heterocycles. The lowest BCUT2D eigenvalue weighted by Crippen LogP contribution is -2.06. The average Bonchev–Trinajstić information content (AvgIpc) is 3.22. The van der Waals surface area contributed by atoms with Crippen molar-refractivity contribution >= 4 is 33.2 Å². The van der Waals surface area contributed by atoms with E-state index in [0.717, 1.165) is 27.0 Å². The van der Waals surface area contributed by atoms with Crippen molar-refractivity contribution in [2.75, 3.05) is 5.32 Å². The van der Waals surface area contributed by atoms with E-state index in [1.165, 1.54) is 17.5 Å². The predicted molar refractivity (Wildman–Crippen MR) is 101 cm³/mol. The van der Waals surface area contributed by atoms with Gasteiger partial charge in [0, 0.05) is 5.39 Å². The molecule has 4 rings (SSSR count). The molecule has 0 aliphatic rings. The number of hydrogen-bond acceptors (Lipinski definition) is 7. The molecular formula is C18H15N7S. The second-order valence-electron chi connectivity index (χ2n) is 5.95. The molecule has 0 bridgehead atoms. The molecule has 26 heavy (non-hydrogen) atoms. The van der Waals surface area contributed by atoms with Crippen LogP contribution >= 0.6 is 11.3 Å². The normalized spacial score (nSPS) is 10.8. The molecule has 7 nitrogen and oxygen atoms in total. The molecule has 8 heteroatoms. The van der Waals surface area contributed by atoms with Crippen LogP contribution in [-0.4, -0.2) is 25.0 Å². The largest absolute Gasteiger partial charge is 0.313 e. The summed E-state index contributed by atoms with van der Waals surface area (Å²) in [6, 6.07) is 10.2. The second kappa shape index (κ2) is 6.20. The summed E-state index contributed by atoms with van der Waals surface area (Å²) in [6.07, 6.45) is 1.52. The SMILES string of the molecule is Cc1nnc(Nc2c(C#N)cnn2-c2cc(C)c3cccc(C)c3n2)s1. The number of pyridine rings is 1. The summed E-state index contributed by atoms with van der Waals surface area (Å²) in [6.45, 7) is 5.96. The molecule has 0 spiro atoms. The molecule has 0 radical (unpaired) electrons. The highest BCUT2D eigenvalue weighted by atomic mass is 32.1. The van der Waals surface area contributed by atoms with Gasteiger partial charge in [0.05, 0.1) is 11.7 Å². The number of benzene rings is 1. The van der Waals surface area contributed by atoms with E-state index in [1.54, 1.807) is 4.68 Å². The molecule has 0 saturated heterocycles. The first kappa shape index (κ1) is 16.2. The summed E-state index contributed by atoms with van der Waals surface area (Å²) in [4.78, 5) is 4.78. The highest BCUT2D eigenvalue weighted by Crippen LogP contribution is 2.27. The summed E-state index contributed by atoms with van der Waals surface area (Å²) in [5.74, 6) is 1.18. The molecule has 0 aliphatic carbocycles. The van der Waals surface area contributed by atoms with Gasteiger partial charge in [-0.3, -0.25) is 0 Å². The predicted octanol–water partition coefficient (Wildman–Crippen LogP) is 3.81. The minimum atomic E-state index is 0.419. The molecule has 0 fully saturated rings. The third-order valence-corrected chi connectivity index (χ3v) is 4.85. The number of rotatable bonds is 3. The Bertz CT molecular complexity index is 1170. The van der Waals surface area contributed by atoms with E-state index in [-0.39, 0.29) is 0 Å². The number of fused-ring (bicyclic) bond motifs is 1. The fraction of sp³-hybridized carbons (Fsp3) is 0.167. The minimum Gasteiger partial charge on any atom is -0.313 e. The maximum absolute atomic E-state index is 9.44. The molecule has 0 unspecified atom stereocenters. The fourth-order valence-electron chi connectivity index (χ4n) is 2.82. The number of aromatic nitrogens is 5. The lowest BCUT2D eigenvalue weighted by atomic mass is 10.1. The molecular weight excluding hydrogens is 346 g/mol. The number of aryl methyl sites for hydroxylation is 3. The van der Waals surface area contributed by atoms with Crippen LogP contribution in [0.25, 0.3) is 16.7 Å². The number of anilines is 2. The van der Waals surface area contributed by atoms with Crippen molar-refractivity contribution < 1.29 is 0 Å². The Balaban J connectivity index is 1.88. The van der Waals surface area contributed by atoms with Crippen molar-refractivity contribution in [3.05, 3.63) is 52.2 Å². The Morgan fingerprint density at radius 2 is 2.00 bits per heavy atom. The summed E-state index contributed by atoms with van der Waals surface area (Å²) in [5.41, 5.74) is 3.53. The third-order valence-electron chi connectivity index (χ3n) is 4.09. The van der Waals surface area contributed by atoms with Crippen LogP contribution in [0.4, 0.5) is 10.9 Å². The van der Waals surface area contributed by atoms with E-state index in [2.05, 4.69) is 32.7 Å². The van der Waals surface area contributed by atoms with Crippen LogP contribution in [0.1, 0.15) is 21.7 Å². The molecule has 0 amide bonds. The van der Waals surface area contributed by atoms with Crippen molar-refractivity contribution in [2.24, 2.45) is 0 Å². The van der Waals surface area contributed by atoms with Gasteiger partial charge in [0.25, 0.3) is 0 Å². The minimum absolute atomic E-state index is 0.419. The van der Waals surface area contributed by atoms with Crippen LogP contribution in [0.5, 0.6) is 0 Å². The monoisotopic (exact) mass is 361 g/mol. The van der Waals surface area contributed by atoms with E-state index in [1.807, 2.05) is 39.0 Å². The van der Waals surface area contributed by atoms with Crippen molar-refractivity contribution in [3.8, 4) is 11.9 Å². The highest BCUT2D eigenvalue weighted by Gasteiger charge is 2.16. The lowest BCUT2D eigenvalue weighted by molar-refractivity contribution is 0.857. The lowest BCUT2D eigenvalue weighted by Gasteiger charge is -2.11. The standard InChI is InChI=1S/C18H15N7S/c1-10-5-4-6-14-11(2)7-15(21-16(10)14)25-17(13(8-19)9-20-25)22-18-24-23-12(3)26-18/h4-7,9H,1-3H3,(H,22,24). The molecule has 4 aromatic rings. The Morgan fingerprint density at radius 1 is 1.15 bits per heavy atom. The van der Waals surface area contributed by atoms with Crippen molar-refractivity contribution in [2.45, 2.75) is 20.8 Å². The van der Waals surface area contributed by atoms with E-state index >= 15 is 0 Å². The smallest absolute Gasteiger partial charge is 0.211 e. The maximum atomic E-state index is 9.44. The third kappa shape index (κ3) is 2.68. The summed E-state index contributed by atoms with van der Waals surface area (Å²) in [5, 5.41) is 27.6. The van der Waals surface area contributed by atoms with Gasteiger partial charge in [-0.05, 0) is 38.0 Å². The molecule has 0 atom stereocenters. The summed E-state index contributed by atoms with van der Waals surface area (Å²) >= 11 is 1.41. The summed E-state index contributed by atoms with van der Waals surface area (Å²) < 4.78 is 1.63. The molecule has 0 aliphatic heterocycles. The molecule has 3 heterocycles. The Hall–Kier alpha value is -3.31. The van der Waals surface area contributed by atoms with Gasteiger partial charge in [-0.2, -0.15) is 15.0 Å². The van der Waals surface area contributed by atoms with Gasteiger partial charge in [-0.1, -0.05) is 29.5 Å². The van der Waals surface area contributed by atoms with Crippen LogP contribution in [0, 0.1) is 32.1 Å². The van der Waals surface area contributed by atoms with E-state index < -0.39 is 0 Å². The Morgan fingerprint density at radius 3 is 2.73 bits per heavy atom. The first-order valence-electron chi connectivity index (χ1n) is 7.99. The van der Waals surface area contributed by atoms with Crippen LogP contribution in [0.2, 0.25) is 0 Å². The van der Waals surface area contributed by atoms with Gasteiger partial charge in [0.2, 0.25) is 5.13 Å². The van der Waals surface area contributed by atoms with Crippen LogP contribution in [0.15, 0.2) is 30.5 Å². The van der Waals surface area contributed by atoms with Gasteiger partial charge in [-0.15, -0.1) is 10.2 Å². The van der Waals surface area contributed by atoms with Gasteiger partial charge in [-0.25, -0.2) is 4.98 Å². The highest BCUT2D eigenvalue weighted by molar-refractivity contribution is 7.15. The summed E-state index contributed by atoms with van der Waals surface area (Å²) in [7, 11) is 0. The average molecular weight is 361 g/mol. The van der Waals surface area contributed by atoms with E-state index in [4.69, 9.17) is 4.98 Å². The van der Waals surface area contributed by atoms with Crippen LogP contribution in [0.3, 0.4) is 0 Å². The number of nitriles is 1. The van der Waals surface area contributed by atoms with Gasteiger partial charge >= 0.3 is 0 Å². The van der Waals surface area contributed by atoms with Gasteiger partial charge < -0.3 is 5.32 Å². The number of nitrogens with one attached hydrogen (secondary N) is 1. The van der Waals surface area contributed by atoms with E-state index in [9.17, 15) is 5.26 Å². The maximum Gasteiger partial charge on any atom is 0.211 e. The quantitative estimate of drug-likeness (QED) is 0.596. The number of hydrogen-bond donors (Lipinski definition) is 1. The first-order chi connectivity index (χ1) is 12.6. The zero-order valence-electron chi connectivity index (χ0n) is 14.5. The molecule has 128 valence electrons. The van der Waals surface area contributed by atoms with Crippen molar-refractivity contribution in [3.63, 3.8) is 0 Å². The fourth-order valence-corrected chi connectivity index (χ4v) is 3.42. The van der Waals surface area contributed by atoms with Crippen LogP contribution < -0.4 is 5.32 Å². The van der Waals surface area contributed by atoms with Crippen molar-refractivity contribution in [1.29, 1.82) is 5.26 Å². The van der Waals surface area contributed by atoms with Crippen LogP contribution in [-0.2, 0) is 0 Å². The zero-order valence-corrected chi connectivity index (χ0v) is 15.3. The molecule has 0 saturated carbocycles. The molecule has 1 N–H and O–H groups in total. The van der Waals surface area contributed by atoms with Gasteiger partial charge in [0.1, 0.15) is 16.6 Å². The molecule has 1 aromatic carbocycles. The zero-order chi connectivity index (χ0) is 18.3.